The van der Waals surface area contributed by atoms with Gasteiger partial charge in [0.1, 0.15) is 5.92 Å². The first-order chi connectivity index (χ1) is 9.12. The topological polar surface area (TPSA) is 68.2 Å². The Morgan fingerprint density at radius 2 is 2.00 bits per heavy atom. The van der Waals surface area contributed by atoms with E-state index in [4.69, 9.17) is 21.1 Å². The van der Waals surface area contributed by atoms with Gasteiger partial charge in [-0.05, 0) is 6.08 Å². The van der Waals surface area contributed by atoms with Crippen molar-refractivity contribution in [2.75, 3.05) is 26.6 Å². The van der Waals surface area contributed by atoms with Gasteiger partial charge < -0.3 is 9.47 Å². The number of ether oxygens (including phenoxy) is 2. The van der Waals surface area contributed by atoms with Crippen molar-refractivity contribution in [3.8, 4) is 0 Å². The Morgan fingerprint density at radius 3 is 2.58 bits per heavy atom. The van der Waals surface area contributed by atoms with Crippen LogP contribution in [0.15, 0.2) is 28.7 Å². The highest BCUT2D eigenvalue weighted by Crippen LogP contribution is 2.27. The molecule has 2 aliphatic rings. The molecular formula is C12H13ClN2O4. The van der Waals surface area contributed by atoms with E-state index in [1.807, 2.05) is 0 Å². The zero-order valence-corrected chi connectivity index (χ0v) is 11.3. The fourth-order valence-corrected chi connectivity index (χ4v) is 2.13. The number of imide groups is 1. The van der Waals surface area contributed by atoms with E-state index in [0.29, 0.717) is 17.2 Å². The molecule has 7 heteroatoms. The van der Waals surface area contributed by atoms with Crippen LogP contribution < -0.4 is 0 Å². The van der Waals surface area contributed by atoms with Gasteiger partial charge in [-0.1, -0.05) is 0 Å². The summed E-state index contributed by atoms with van der Waals surface area (Å²) in [6, 6.07) is -0.599. The molecule has 0 N–H and O–H groups in total. The van der Waals surface area contributed by atoms with E-state index in [1.165, 1.54) is 20.3 Å². The van der Waals surface area contributed by atoms with E-state index in [9.17, 15) is 9.59 Å². The van der Waals surface area contributed by atoms with Crippen LogP contribution >= 0.6 is 11.6 Å². The summed E-state index contributed by atoms with van der Waals surface area (Å²) >= 11 is 5.58. The number of rotatable bonds is 4. The molecule has 1 heterocycles. The molecular weight excluding hydrogens is 272 g/mol. The lowest BCUT2D eigenvalue weighted by Crippen LogP contribution is -2.47. The maximum absolute atomic E-state index is 12.2. The van der Waals surface area contributed by atoms with Crippen molar-refractivity contribution in [2.24, 2.45) is 10.9 Å². The second-order valence-corrected chi connectivity index (χ2v) is 4.30. The van der Waals surface area contributed by atoms with Crippen LogP contribution in [0.4, 0.5) is 4.79 Å². The highest BCUT2D eigenvalue weighted by molar-refractivity contribution is 6.22. The predicted molar refractivity (Wildman–Crippen MR) is 68.9 cm³/mol. The van der Waals surface area contributed by atoms with Crippen molar-refractivity contribution in [2.45, 2.75) is 0 Å². The van der Waals surface area contributed by atoms with E-state index in [2.05, 4.69) is 4.99 Å². The van der Waals surface area contributed by atoms with Gasteiger partial charge in [0.25, 0.3) is 0 Å². The molecule has 6 nitrogen and oxygen atoms in total. The molecule has 1 aliphatic heterocycles. The quantitative estimate of drug-likeness (QED) is 0.730. The number of halogens is 1. The summed E-state index contributed by atoms with van der Waals surface area (Å²) in [5.74, 6) is 0.0740. The third kappa shape index (κ3) is 2.35. The Balaban J connectivity index is 2.40. The third-order valence-electron chi connectivity index (χ3n) is 2.89. The zero-order chi connectivity index (χ0) is 14.0. The minimum absolute atomic E-state index is 0.142. The molecule has 3 amide bonds. The number of methoxy groups -OCH3 is 2. The van der Waals surface area contributed by atoms with Crippen molar-refractivity contribution < 1.29 is 19.1 Å². The monoisotopic (exact) mass is 284 g/mol. The molecule has 2 rings (SSSR count). The first-order valence-corrected chi connectivity index (χ1v) is 6.17. The summed E-state index contributed by atoms with van der Waals surface area (Å²) in [6.07, 6.45) is 3.13. The van der Waals surface area contributed by atoms with Crippen LogP contribution in [0.3, 0.4) is 0 Å². The van der Waals surface area contributed by atoms with E-state index in [-0.39, 0.29) is 18.3 Å². The first kappa shape index (κ1) is 13.6. The average molecular weight is 285 g/mol. The number of hydrogen-bond acceptors (Lipinski definition) is 4. The van der Waals surface area contributed by atoms with Gasteiger partial charge in [0.05, 0.1) is 19.9 Å². The van der Waals surface area contributed by atoms with Crippen LogP contribution in [0.1, 0.15) is 0 Å². The minimum Gasteiger partial charge on any atom is -0.493 e. The Kier molecular flexibility index (Phi) is 3.90. The number of alkyl halides is 1. The van der Waals surface area contributed by atoms with E-state index >= 15 is 0 Å². The molecule has 1 aliphatic carbocycles. The number of carbonyl (C=O) groups excluding carboxylic acids is 2. The number of amides is 3. The Morgan fingerprint density at radius 1 is 1.32 bits per heavy atom. The van der Waals surface area contributed by atoms with Crippen LogP contribution in [0.25, 0.3) is 0 Å². The van der Waals surface area contributed by atoms with Crippen LogP contribution in [-0.2, 0) is 14.3 Å². The molecule has 1 atom stereocenters. The molecule has 0 spiro atoms. The van der Waals surface area contributed by atoms with Crippen molar-refractivity contribution in [3.63, 3.8) is 0 Å². The van der Waals surface area contributed by atoms with E-state index in [0.717, 1.165) is 4.90 Å². The van der Waals surface area contributed by atoms with Crippen molar-refractivity contribution in [1.29, 1.82) is 0 Å². The molecule has 0 aromatic rings. The molecule has 1 unspecified atom stereocenters. The summed E-state index contributed by atoms with van der Waals surface area (Å²) in [6.45, 7) is 0.142. The van der Waals surface area contributed by atoms with Crippen LogP contribution in [0, 0.1) is 5.92 Å². The van der Waals surface area contributed by atoms with Gasteiger partial charge in [0.15, 0.2) is 11.5 Å². The maximum atomic E-state index is 12.2. The van der Waals surface area contributed by atoms with E-state index in [1.54, 1.807) is 6.08 Å². The summed E-state index contributed by atoms with van der Waals surface area (Å²) in [5.41, 5.74) is 0.360. The van der Waals surface area contributed by atoms with Gasteiger partial charge in [-0.25, -0.2) is 4.79 Å². The van der Waals surface area contributed by atoms with Gasteiger partial charge in [-0.3, -0.25) is 9.69 Å². The highest BCUT2D eigenvalue weighted by Gasteiger charge is 2.38. The summed E-state index contributed by atoms with van der Waals surface area (Å²) in [5, 5.41) is 0. The second kappa shape index (κ2) is 5.44. The number of allylic oxidation sites excluding steroid dienone is 1. The van der Waals surface area contributed by atoms with Crippen LogP contribution in [0.5, 0.6) is 0 Å². The summed E-state index contributed by atoms with van der Waals surface area (Å²) in [7, 11) is 2.96. The maximum Gasteiger partial charge on any atom is 0.350 e. The molecule has 0 aromatic carbocycles. The fraction of sp³-hybridized carbons (Fsp3) is 0.417. The molecule has 102 valence electrons. The normalized spacial score (nSPS) is 22.4. The summed E-state index contributed by atoms with van der Waals surface area (Å²) < 4.78 is 10.3. The Labute approximate surface area is 115 Å². The van der Waals surface area contributed by atoms with Crippen molar-refractivity contribution >= 4 is 29.3 Å². The zero-order valence-electron chi connectivity index (χ0n) is 10.6. The number of hydrogen-bond donors (Lipinski definition) is 0. The third-order valence-corrected chi connectivity index (χ3v) is 3.06. The molecule has 0 bridgehead atoms. The largest absolute Gasteiger partial charge is 0.493 e. The van der Waals surface area contributed by atoms with Crippen molar-refractivity contribution in [1.82, 2.24) is 4.90 Å². The smallest absolute Gasteiger partial charge is 0.350 e. The second-order valence-electron chi connectivity index (χ2n) is 3.92. The van der Waals surface area contributed by atoms with Gasteiger partial charge >= 0.3 is 6.03 Å². The Bertz CT molecular complexity index is 510. The number of fused-ring (bicyclic) bond motifs is 1. The predicted octanol–water partition coefficient (Wildman–Crippen LogP) is 1.32. The standard InChI is InChI=1S/C12H13ClN2O4/c1-18-9-5-7-8(6-10(9)19-2)14-12(17)15(4-3-13)11(7)16/h5-7H,3-4H2,1-2H3. The molecule has 0 saturated heterocycles. The highest BCUT2D eigenvalue weighted by atomic mass is 35.5. The van der Waals surface area contributed by atoms with Gasteiger partial charge in [0.2, 0.25) is 5.91 Å². The fourth-order valence-electron chi connectivity index (χ4n) is 1.97. The number of aliphatic imine (C=N–C) groups is 1. The average Bonchev–Trinajstić information content (AvgIpc) is 2.42. The minimum atomic E-state index is -0.630. The van der Waals surface area contributed by atoms with Crippen LogP contribution in [0.2, 0.25) is 0 Å². The van der Waals surface area contributed by atoms with Gasteiger partial charge in [0, 0.05) is 18.5 Å². The van der Waals surface area contributed by atoms with Gasteiger partial charge in [-0.15, -0.1) is 11.6 Å². The van der Waals surface area contributed by atoms with Crippen molar-refractivity contribution in [3.05, 3.63) is 23.7 Å². The SMILES string of the molecule is COC1=CC2=NC(=O)N(CCCl)C(=O)C2C=C1OC. The molecule has 19 heavy (non-hydrogen) atoms. The Hall–Kier alpha value is -1.82. The van der Waals surface area contributed by atoms with E-state index < -0.39 is 11.9 Å². The number of urea groups is 1. The summed E-state index contributed by atoms with van der Waals surface area (Å²) in [4.78, 5) is 28.9. The lowest BCUT2D eigenvalue weighted by molar-refractivity contribution is -0.129. The number of nitrogens with zero attached hydrogens (tertiary/aromatic N) is 2. The lowest BCUT2D eigenvalue weighted by Gasteiger charge is -2.29. The molecule has 0 aromatic heterocycles. The molecule has 0 saturated carbocycles. The molecule has 0 fully saturated rings. The molecule has 0 radical (unpaired) electrons. The lowest BCUT2D eigenvalue weighted by atomic mass is 9.93. The first-order valence-electron chi connectivity index (χ1n) is 5.64. The van der Waals surface area contributed by atoms with Gasteiger partial charge in [-0.2, -0.15) is 4.99 Å². The number of carbonyl (C=O) groups is 2. The van der Waals surface area contributed by atoms with Crippen LogP contribution in [-0.4, -0.2) is 49.2 Å².